The number of hydrogen-bond donors (Lipinski definition) is 0. The highest BCUT2D eigenvalue weighted by molar-refractivity contribution is 5.59. The number of halogens is 1. The van der Waals surface area contributed by atoms with Crippen molar-refractivity contribution >= 4 is 5.69 Å². The summed E-state index contributed by atoms with van der Waals surface area (Å²) >= 11 is 0. The smallest absolute Gasteiger partial charge is 0.143 e. The van der Waals surface area contributed by atoms with E-state index >= 15 is 0 Å². The Kier molecular flexibility index (Phi) is 4.92. The number of rotatable bonds is 5. The van der Waals surface area contributed by atoms with Crippen LogP contribution >= 0.6 is 0 Å². The molecule has 0 atom stereocenters. The van der Waals surface area contributed by atoms with Crippen molar-refractivity contribution in [3.8, 4) is 6.07 Å². The molecule has 0 fully saturated rings. The first-order valence-corrected chi connectivity index (χ1v) is 5.57. The molecule has 0 bridgehead atoms. The third-order valence-corrected chi connectivity index (χ3v) is 2.39. The molecule has 0 aliphatic carbocycles. The van der Waals surface area contributed by atoms with Gasteiger partial charge in [0, 0.05) is 13.6 Å². The zero-order chi connectivity index (χ0) is 12.8. The molecule has 1 aromatic carbocycles. The van der Waals surface area contributed by atoms with Crippen molar-refractivity contribution in [1.82, 2.24) is 0 Å². The normalized spacial score (nSPS) is 10.4. The Labute approximate surface area is 101 Å². The van der Waals surface area contributed by atoms with Crippen LogP contribution in [0.4, 0.5) is 10.1 Å². The summed E-state index contributed by atoms with van der Waals surface area (Å²) in [4.78, 5) is 1.82. The van der Waals surface area contributed by atoms with E-state index in [1.54, 1.807) is 12.1 Å². The highest BCUT2D eigenvalue weighted by Crippen LogP contribution is 2.20. The molecular formula is C13H17FN2O. The number of hydrogen-bond acceptors (Lipinski definition) is 3. The molecule has 0 saturated carbocycles. The summed E-state index contributed by atoms with van der Waals surface area (Å²) in [6, 6.07) is 6.51. The zero-order valence-corrected chi connectivity index (χ0v) is 10.4. The zero-order valence-electron chi connectivity index (χ0n) is 10.4. The summed E-state index contributed by atoms with van der Waals surface area (Å²) in [5.74, 6) is -0.485. The SMILES string of the molecule is CC(C)OCCN(C)c1cccc(F)c1C#N. The second kappa shape index (κ2) is 6.21. The monoisotopic (exact) mass is 236 g/mol. The van der Waals surface area contributed by atoms with Gasteiger partial charge in [0.2, 0.25) is 0 Å². The van der Waals surface area contributed by atoms with Crippen molar-refractivity contribution in [1.29, 1.82) is 5.26 Å². The highest BCUT2D eigenvalue weighted by Gasteiger charge is 2.11. The largest absolute Gasteiger partial charge is 0.377 e. The molecule has 3 nitrogen and oxygen atoms in total. The number of nitriles is 1. The van der Waals surface area contributed by atoms with Crippen molar-refractivity contribution in [2.24, 2.45) is 0 Å². The lowest BCUT2D eigenvalue weighted by molar-refractivity contribution is 0.0846. The maximum Gasteiger partial charge on any atom is 0.143 e. The molecule has 0 radical (unpaired) electrons. The fourth-order valence-electron chi connectivity index (χ4n) is 1.49. The number of ether oxygens (including phenoxy) is 1. The van der Waals surface area contributed by atoms with Gasteiger partial charge in [-0.15, -0.1) is 0 Å². The Morgan fingerprint density at radius 1 is 1.47 bits per heavy atom. The van der Waals surface area contributed by atoms with Crippen LogP contribution in [0.3, 0.4) is 0 Å². The Balaban J connectivity index is 2.72. The minimum Gasteiger partial charge on any atom is -0.377 e. The van der Waals surface area contributed by atoms with E-state index < -0.39 is 5.82 Å². The predicted molar refractivity (Wildman–Crippen MR) is 65.5 cm³/mol. The first-order valence-electron chi connectivity index (χ1n) is 5.57. The molecular weight excluding hydrogens is 219 g/mol. The van der Waals surface area contributed by atoms with Crippen LogP contribution in [0, 0.1) is 17.1 Å². The maximum atomic E-state index is 13.4. The summed E-state index contributed by atoms with van der Waals surface area (Å²) in [5, 5.41) is 8.91. The summed E-state index contributed by atoms with van der Waals surface area (Å²) in [5.41, 5.74) is 0.680. The quantitative estimate of drug-likeness (QED) is 0.788. The van der Waals surface area contributed by atoms with Gasteiger partial charge in [-0.05, 0) is 26.0 Å². The number of nitrogens with zero attached hydrogens (tertiary/aromatic N) is 2. The lowest BCUT2D eigenvalue weighted by Crippen LogP contribution is -2.24. The van der Waals surface area contributed by atoms with E-state index in [0.717, 1.165) is 0 Å². The van der Waals surface area contributed by atoms with Crippen molar-refractivity contribution in [2.75, 3.05) is 25.1 Å². The second-order valence-electron chi connectivity index (χ2n) is 4.09. The average molecular weight is 236 g/mol. The molecule has 1 rings (SSSR count). The highest BCUT2D eigenvalue weighted by atomic mass is 19.1. The fraction of sp³-hybridized carbons (Fsp3) is 0.462. The van der Waals surface area contributed by atoms with Crippen LogP contribution in [0.1, 0.15) is 19.4 Å². The van der Waals surface area contributed by atoms with Crippen LogP contribution < -0.4 is 4.90 Å². The van der Waals surface area contributed by atoms with Crippen LogP contribution in [0.5, 0.6) is 0 Å². The Hall–Kier alpha value is -1.60. The molecule has 0 aliphatic heterocycles. The van der Waals surface area contributed by atoms with Gasteiger partial charge in [-0.1, -0.05) is 6.07 Å². The number of likely N-dealkylation sites (N-methyl/N-ethyl adjacent to an activating group) is 1. The predicted octanol–water partition coefficient (Wildman–Crippen LogP) is 2.56. The molecule has 0 aliphatic rings. The molecule has 17 heavy (non-hydrogen) atoms. The molecule has 0 aromatic heterocycles. The Bertz CT molecular complexity index is 412. The van der Waals surface area contributed by atoms with Gasteiger partial charge < -0.3 is 9.64 Å². The van der Waals surface area contributed by atoms with Gasteiger partial charge in [0.15, 0.2) is 0 Å². The lowest BCUT2D eigenvalue weighted by atomic mass is 10.1. The minimum absolute atomic E-state index is 0.0829. The molecule has 0 N–H and O–H groups in total. The van der Waals surface area contributed by atoms with Crippen LogP contribution in [-0.4, -0.2) is 26.3 Å². The standard InChI is InChI=1S/C13H17FN2O/c1-10(2)17-8-7-16(3)13-6-4-5-12(14)11(13)9-15/h4-6,10H,7-8H2,1-3H3. The summed E-state index contributed by atoms with van der Waals surface area (Å²) in [6.45, 7) is 5.09. The Morgan fingerprint density at radius 2 is 2.18 bits per heavy atom. The van der Waals surface area contributed by atoms with Crippen LogP contribution in [0.25, 0.3) is 0 Å². The molecule has 0 amide bonds. The molecule has 1 aromatic rings. The van der Waals surface area contributed by atoms with Crippen LogP contribution in [0.2, 0.25) is 0 Å². The van der Waals surface area contributed by atoms with Gasteiger partial charge in [-0.3, -0.25) is 0 Å². The van der Waals surface area contributed by atoms with Gasteiger partial charge in [0.25, 0.3) is 0 Å². The first kappa shape index (κ1) is 13.5. The number of anilines is 1. The fourth-order valence-corrected chi connectivity index (χ4v) is 1.49. The number of benzene rings is 1. The van der Waals surface area contributed by atoms with Crippen molar-refractivity contribution in [2.45, 2.75) is 20.0 Å². The van der Waals surface area contributed by atoms with E-state index in [2.05, 4.69) is 0 Å². The average Bonchev–Trinajstić information content (AvgIpc) is 2.28. The van der Waals surface area contributed by atoms with Gasteiger partial charge in [0.05, 0.1) is 18.4 Å². The lowest BCUT2D eigenvalue weighted by Gasteiger charge is -2.21. The van der Waals surface area contributed by atoms with Crippen molar-refractivity contribution < 1.29 is 9.13 Å². The van der Waals surface area contributed by atoms with E-state index in [1.165, 1.54) is 6.07 Å². The van der Waals surface area contributed by atoms with Crippen molar-refractivity contribution in [3.63, 3.8) is 0 Å². The molecule has 0 heterocycles. The topological polar surface area (TPSA) is 36.3 Å². The van der Waals surface area contributed by atoms with Crippen LogP contribution in [0.15, 0.2) is 18.2 Å². The van der Waals surface area contributed by atoms with Crippen LogP contribution in [-0.2, 0) is 4.74 Å². The third kappa shape index (κ3) is 3.72. The molecule has 0 unspecified atom stereocenters. The van der Waals surface area contributed by atoms with E-state index in [4.69, 9.17) is 10.00 Å². The maximum absolute atomic E-state index is 13.4. The first-order chi connectivity index (χ1) is 8.06. The van der Waals surface area contributed by atoms with Gasteiger partial charge >= 0.3 is 0 Å². The molecule has 0 saturated heterocycles. The molecule has 0 spiro atoms. The third-order valence-electron chi connectivity index (χ3n) is 2.39. The van der Waals surface area contributed by atoms with Gasteiger partial charge in [0.1, 0.15) is 17.4 Å². The Morgan fingerprint density at radius 3 is 2.76 bits per heavy atom. The molecule has 92 valence electrons. The van der Waals surface area contributed by atoms with Gasteiger partial charge in [-0.25, -0.2) is 4.39 Å². The summed E-state index contributed by atoms with van der Waals surface area (Å²) in [6.07, 6.45) is 0.173. The van der Waals surface area contributed by atoms with E-state index in [1.807, 2.05) is 31.9 Å². The summed E-state index contributed by atoms with van der Waals surface area (Å²) < 4.78 is 18.8. The second-order valence-corrected chi connectivity index (χ2v) is 4.09. The van der Waals surface area contributed by atoms with E-state index in [-0.39, 0.29) is 11.7 Å². The van der Waals surface area contributed by atoms with Crippen molar-refractivity contribution in [3.05, 3.63) is 29.6 Å². The van der Waals surface area contributed by atoms with E-state index in [9.17, 15) is 4.39 Å². The van der Waals surface area contributed by atoms with E-state index in [0.29, 0.717) is 18.8 Å². The molecule has 4 heteroatoms. The summed E-state index contributed by atoms with van der Waals surface area (Å²) in [7, 11) is 1.82. The van der Waals surface area contributed by atoms with Gasteiger partial charge in [-0.2, -0.15) is 5.26 Å². The minimum atomic E-state index is -0.485.